The summed E-state index contributed by atoms with van der Waals surface area (Å²) in [4.78, 5) is 16.1. The van der Waals surface area contributed by atoms with Crippen molar-refractivity contribution >= 4 is 16.9 Å². The van der Waals surface area contributed by atoms with E-state index >= 15 is 0 Å². The van der Waals surface area contributed by atoms with E-state index in [1.54, 1.807) is 12.1 Å². The molecule has 1 aliphatic heterocycles. The largest absolute Gasteiger partial charge is 0.389 e. The van der Waals surface area contributed by atoms with Gasteiger partial charge in [0.2, 0.25) is 0 Å². The van der Waals surface area contributed by atoms with Crippen molar-refractivity contribution in [1.29, 1.82) is 0 Å². The number of fused-ring (bicyclic) bond motifs is 1. The first kappa shape index (κ1) is 11.2. The van der Waals surface area contributed by atoms with E-state index < -0.39 is 0 Å². The van der Waals surface area contributed by atoms with Gasteiger partial charge in [0.1, 0.15) is 0 Å². The SMILES string of the molecule is O=c1oc(NC2CCNCC2)nc2ccccc12. The van der Waals surface area contributed by atoms with Crippen LogP contribution in [0, 0.1) is 0 Å². The van der Waals surface area contributed by atoms with Gasteiger partial charge in [-0.2, -0.15) is 4.98 Å². The van der Waals surface area contributed by atoms with E-state index in [-0.39, 0.29) is 5.63 Å². The lowest BCUT2D eigenvalue weighted by Crippen LogP contribution is -2.35. The maximum absolute atomic E-state index is 11.8. The summed E-state index contributed by atoms with van der Waals surface area (Å²) in [6, 6.07) is 7.86. The summed E-state index contributed by atoms with van der Waals surface area (Å²) in [5.74, 6) is 0. The third-order valence-corrected chi connectivity index (χ3v) is 3.20. The molecule has 1 aliphatic rings. The minimum Gasteiger partial charge on any atom is -0.389 e. The molecule has 1 aromatic heterocycles. The number of anilines is 1. The summed E-state index contributed by atoms with van der Waals surface area (Å²) < 4.78 is 5.20. The quantitative estimate of drug-likeness (QED) is 0.836. The molecule has 0 spiro atoms. The number of rotatable bonds is 2. The van der Waals surface area contributed by atoms with Crippen molar-refractivity contribution in [3.8, 4) is 0 Å². The first-order valence-corrected chi connectivity index (χ1v) is 6.20. The Morgan fingerprint density at radius 3 is 2.89 bits per heavy atom. The van der Waals surface area contributed by atoms with E-state index in [2.05, 4.69) is 15.6 Å². The molecule has 1 saturated heterocycles. The highest BCUT2D eigenvalue weighted by Gasteiger charge is 2.15. The maximum Gasteiger partial charge on any atom is 0.348 e. The van der Waals surface area contributed by atoms with Gasteiger partial charge in [-0.25, -0.2) is 4.79 Å². The van der Waals surface area contributed by atoms with Crippen molar-refractivity contribution in [3.05, 3.63) is 34.7 Å². The summed E-state index contributed by atoms with van der Waals surface area (Å²) >= 11 is 0. The second-order valence-electron chi connectivity index (χ2n) is 4.49. The molecule has 3 rings (SSSR count). The number of hydrogen-bond donors (Lipinski definition) is 2. The fourth-order valence-corrected chi connectivity index (χ4v) is 2.22. The zero-order valence-corrected chi connectivity index (χ0v) is 9.98. The molecule has 0 bridgehead atoms. The molecule has 5 nitrogen and oxygen atoms in total. The van der Waals surface area contributed by atoms with Crippen LogP contribution in [0.15, 0.2) is 33.5 Å². The van der Waals surface area contributed by atoms with Gasteiger partial charge in [-0.3, -0.25) is 0 Å². The first-order chi connectivity index (χ1) is 8.83. The fraction of sp³-hybridized carbons (Fsp3) is 0.385. The highest BCUT2D eigenvalue weighted by Crippen LogP contribution is 2.13. The van der Waals surface area contributed by atoms with Gasteiger partial charge >= 0.3 is 5.63 Å². The summed E-state index contributed by atoms with van der Waals surface area (Å²) in [6.45, 7) is 1.96. The number of hydrogen-bond acceptors (Lipinski definition) is 5. The topological polar surface area (TPSA) is 67.2 Å². The van der Waals surface area contributed by atoms with Gasteiger partial charge in [0.25, 0.3) is 6.01 Å². The van der Waals surface area contributed by atoms with Gasteiger partial charge < -0.3 is 15.1 Å². The third-order valence-electron chi connectivity index (χ3n) is 3.20. The van der Waals surface area contributed by atoms with Crippen LogP contribution in [0.1, 0.15) is 12.8 Å². The van der Waals surface area contributed by atoms with Gasteiger partial charge in [-0.15, -0.1) is 0 Å². The Morgan fingerprint density at radius 2 is 2.06 bits per heavy atom. The molecule has 18 heavy (non-hydrogen) atoms. The minimum atomic E-state index is -0.336. The Labute approximate surface area is 104 Å². The van der Waals surface area contributed by atoms with Gasteiger partial charge in [0, 0.05) is 6.04 Å². The number of benzene rings is 1. The monoisotopic (exact) mass is 245 g/mol. The predicted molar refractivity (Wildman–Crippen MR) is 69.8 cm³/mol. The highest BCUT2D eigenvalue weighted by atomic mass is 16.4. The molecule has 0 radical (unpaired) electrons. The summed E-state index contributed by atoms with van der Waals surface area (Å²) in [7, 11) is 0. The second-order valence-corrected chi connectivity index (χ2v) is 4.49. The summed E-state index contributed by atoms with van der Waals surface area (Å²) in [5.41, 5.74) is 0.335. The second kappa shape index (κ2) is 4.78. The highest BCUT2D eigenvalue weighted by molar-refractivity contribution is 5.77. The van der Waals surface area contributed by atoms with Crippen LogP contribution in [-0.4, -0.2) is 24.1 Å². The molecule has 0 saturated carbocycles. The molecule has 5 heteroatoms. The normalized spacial score (nSPS) is 16.9. The molecular weight excluding hydrogens is 230 g/mol. The number of para-hydroxylation sites is 1. The Morgan fingerprint density at radius 1 is 1.28 bits per heavy atom. The number of aromatic nitrogens is 1. The standard InChI is InChI=1S/C13H15N3O2/c17-12-10-3-1-2-4-11(10)16-13(18-12)15-9-5-7-14-8-6-9/h1-4,9,14H,5-8H2,(H,15,16). The number of nitrogens with one attached hydrogen (secondary N) is 2. The Kier molecular flexibility index (Phi) is 2.98. The molecule has 0 unspecified atom stereocenters. The van der Waals surface area contributed by atoms with Crippen LogP contribution in [0.2, 0.25) is 0 Å². The molecular formula is C13H15N3O2. The van der Waals surface area contributed by atoms with Crippen LogP contribution in [0.5, 0.6) is 0 Å². The lowest BCUT2D eigenvalue weighted by atomic mass is 10.1. The molecule has 1 aromatic carbocycles. The minimum absolute atomic E-state index is 0.322. The van der Waals surface area contributed by atoms with Gasteiger partial charge in [0.05, 0.1) is 10.9 Å². The van der Waals surface area contributed by atoms with Crippen molar-refractivity contribution in [3.63, 3.8) is 0 Å². The van der Waals surface area contributed by atoms with Crippen LogP contribution in [-0.2, 0) is 0 Å². The zero-order chi connectivity index (χ0) is 12.4. The summed E-state index contributed by atoms with van der Waals surface area (Å²) in [6.07, 6.45) is 2.02. The Balaban J connectivity index is 1.90. The molecule has 1 fully saturated rings. The molecule has 0 atom stereocenters. The predicted octanol–water partition coefficient (Wildman–Crippen LogP) is 1.35. The van der Waals surface area contributed by atoms with Gasteiger partial charge in [-0.1, -0.05) is 12.1 Å². The van der Waals surface area contributed by atoms with Crippen LogP contribution in [0.3, 0.4) is 0 Å². The van der Waals surface area contributed by atoms with Gasteiger partial charge in [0.15, 0.2) is 0 Å². The molecule has 2 aromatic rings. The van der Waals surface area contributed by atoms with Crippen LogP contribution < -0.4 is 16.3 Å². The smallest absolute Gasteiger partial charge is 0.348 e. The molecule has 94 valence electrons. The third kappa shape index (κ3) is 2.22. The van der Waals surface area contributed by atoms with Crippen molar-refractivity contribution in [2.24, 2.45) is 0 Å². The van der Waals surface area contributed by atoms with Crippen LogP contribution >= 0.6 is 0 Å². The van der Waals surface area contributed by atoms with E-state index in [0.717, 1.165) is 25.9 Å². The Hall–Kier alpha value is -1.88. The van der Waals surface area contributed by atoms with Crippen molar-refractivity contribution in [1.82, 2.24) is 10.3 Å². The average molecular weight is 245 g/mol. The number of nitrogens with zero attached hydrogens (tertiary/aromatic N) is 1. The lowest BCUT2D eigenvalue weighted by molar-refractivity contribution is 0.451. The Bertz CT molecular complexity index is 602. The zero-order valence-electron chi connectivity index (χ0n) is 9.98. The van der Waals surface area contributed by atoms with E-state index in [4.69, 9.17) is 4.42 Å². The maximum atomic E-state index is 11.8. The summed E-state index contributed by atoms with van der Waals surface area (Å²) in [5, 5.41) is 7.01. The van der Waals surface area contributed by atoms with Crippen LogP contribution in [0.4, 0.5) is 6.01 Å². The fourth-order valence-electron chi connectivity index (χ4n) is 2.22. The van der Waals surface area contributed by atoms with E-state index in [0.29, 0.717) is 23.0 Å². The first-order valence-electron chi connectivity index (χ1n) is 6.20. The van der Waals surface area contributed by atoms with Gasteiger partial charge in [-0.05, 0) is 38.1 Å². The van der Waals surface area contributed by atoms with Crippen LogP contribution in [0.25, 0.3) is 10.9 Å². The number of piperidine rings is 1. The molecule has 0 aliphatic carbocycles. The van der Waals surface area contributed by atoms with Crippen molar-refractivity contribution < 1.29 is 4.42 Å². The molecule has 2 N–H and O–H groups in total. The lowest BCUT2D eigenvalue weighted by Gasteiger charge is -2.23. The average Bonchev–Trinajstić information content (AvgIpc) is 2.40. The van der Waals surface area contributed by atoms with E-state index in [9.17, 15) is 4.79 Å². The van der Waals surface area contributed by atoms with E-state index in [1.165, 1.54) is 0 Å². The van der Waals surface area contributed by atoms with Crippen molar-refractivity contribution in [2.75, 3.05) is 18.4 Å². The van der Waals surface area contributed by atoms with Crippen molar-refractivity contribution in [2.45, 2.75) is 18.9 Å². The van der Waals surface area contributed by atoms with E-state index in [1.807, 2.05) is 12.1 Å². The molecule has 2 heterocycles. The molecule has 0 amide bonds.